The Balaban J connectivity index is 0.933. The largest absolute Gasteiger partial charge is 0.228 e. The van der Waals surface area contributed by atoms with Crippen LogP contribution in [0.1, 0.15) is 0 Å². The first-order valence-electron chi connectivity index (χ1n) is 24.2. The van der Waals surface area contributed by atoms with E-state index >= 15 is 0 Å². The summed E-state index contributed by atoms with van der Waals surface area (Å²) >= 11 is 0. The van der Waals surface area contributed by atoms with Crippen molar-refractivity contribution in [2.45, 2.75) is 0 Å². The molecule has 5 heteroatoms. The monoisotopic (exact) mass is 917 g/mol. The number of aromatic nitrogens is 5. The summed E-state index contributed by atoms with van der Waals surface area (Å²) in [7, 11) is 0. The van der Waals surface area contributed by atoms with Gasteiger partial charge in [0.2, 0.25) is 0 Å². The van der Waals surface area contributed by atoms with E-state index in [2.05, 4.69) is 194 Å². The van der Waals surface area contributed by atoms with Crippen LogP contribution in [0, 0.1) is 0 Å². The van der Waals surface area contributed by atoms with Gasteiger partial charge < -0.3 is 0 Å². The molecule has 11 aromatic carbocycles. The van der Waals surface area contributed by atoms with Gasteiger partial charge in [-0.1, -0.05) is 249 Å². The van der Waals surface area contributed by atoms with E-state index in [-0.39, 0.29) is 0 Å². The van der Waals surface area contributed by atoms with Crippen molar-refractivity contribution in [3.8, 4) is 101 Å². The van der Waals surface area contributed by atoms with E-state index in [1.54, 1.807) is 0 Å². The quantitative estimate of drug-likeness (QED) is 0.144. The minimum Gasteiger partial charge on any atom is -0.228 e. The molecule has 5 nitrogen and oxygen atoms in total. The molecule has 0 saturated carbocycles. The third-order valence-electron chi connectivity index (χ3n) is 13.6. The van der Waals surface area contributed by atoms with E-state index in [1.807, 2.05) is 66.7 Å². The fraction of sp³-hybridized carbons (Fsp3) is 0. The van der Waals surface area contributed by atoms with E-state index in [4.69, 9.17) is 24.9 Å². The van der Waals surface area contributed by atoms with Gasteiger partial charge >= 0.3 is 0 Å². The number of hydrogen-bond donors (Lipinski definition) is 0. The van der Waals surface area contributed by atoms with Gasteiger partial charge in [-0.25, -0.2) is 24.9 Å². The van der Waals surface area contributed by atoms with Gasteiger partial charge in [-0.3, -0.25) is 0 Å². The molecule has 0 N–H and O–H groups in total. The van der Waals surface area contributed by atoms with Gasteiger partial charge in [0.15, 0.2) is 23.3 Å². The zero-order valence-corrected chi connectivity index (χ0v) is 39.1. The SMILES string of the molecule is c1ccc(-c2cc(-c3ccc(-c4ccc5ccccc5c4-c4c(-c5ccc(-c6nc(-c7ccccc7)nc(-c7ccc8ccccc8c7)n6)cc5)ccc5ccccc45)cc3)nc(-c3ccccc3)n2)cc1. The van der Waals surface area contributed by atoms with Crippen LogP contribution in [-0.4, -0.2) is 24.9 Å². The number of fused-ring (bicyclic) bond motifs is 3. The minimum atomic E-state index is 0.617. The molecule has 72 heavy (non-hydrogen) atoms. The molecule has 0 fully saturated rings. The maximum atomic E-state index is 5.14. The van der Waals surface area contributed by atoms with Crippen molar-refractivity contribution in [3.63, 3.8) is 0 Å². The molecule has 0 amide bonds. The third kappa shape index (κ3) is 8.05. The molecule has 0 atom stereocenters. The number of benzene rings is 11. The van der Waals surface area contributed by atoms with Gasteiger partial charge in [-0.2, -0.15) is 0 Å². The van der Waals surface area contributed by atoms with Crippen LogP contribution in [0.2, 0.25) is 0 Å². The highest BCUT2D eigenvalue weighted by molar-refractivity contribution is 6.15. The van der Waals surface area contributed by atoms with Gasteiger partial charge in [0.25, 0.3) is 0 Å². The number of rotatable bonds is 9. The van der Waals surface area contributed by atoms with E-state index in [1.165, 1.54) is 38.1 Å². The average molecular weight is 918 g/mol. The zero-order valence-electron chi connectivity index (χ0n) is 39.1. The average Bonchev–Trinajstić information content (AvgIpc) is 3.47. The van der Waals surface area contributed by atoms with Gasteiger partial charge in [-0.15, -0.1) is 0 Å². The van der Waals surface area contributed by atoms with Gasteiger partial charge in [0.1, 0.15) is 0 Å². The first-order valence-corrected chi connectivity index (χ1v) is 24.2. The fourth-order valence-electron chi connectivity index (χ4n) is 9.93. The molecule has 0 bridgehead atoms. The normalized spacial score (nSPS) is 11.3. The van der Waals surface area contributed by atoms with Crippen molar-refractivity contribution in [1.82, 2.24) is 24.9 Å². The predicted octanol–water partition coefficient (Wildman–Crippen LogP) is 17.1. The van der Waals surface area contributed by atoms with Crippen molar-refractivity contribution in [2.75, 3.05) is 0 Å². The standard InChI is InChI=1S/C67H43N5/c1-4-19-49(20-5-1)60-43-61(69-64(68-60)51-21-6-2-7-22-51)50-33-29-47(30-34-50)58-40-38-45-17-12-14-26-56(45)62(58)63-57-27-15-13-18-46(57)39-41-59(63)48-31-35-53(36-32-48)66-70-65(52-23-8-3-9-24-52)71-67(72-66)55-37-28-44-16-10-11-25-54(44)42-55/h1-43H. The molecule has 13 rings (SSSR count). The van der Waals surface area contributed by atoms with Crippen molar-refractivity contribution in [1.29, 1.82) is 0 Å². The molecular weight excluding hydrogens is 875 g/mol. The Morgan fingerprint density at radius 3 is 1.04 bits per heavy atom. The zero-order chi connectivity index (χ0) is 47.8. The molecule has 0 unspecified atom stereocenters. The molecule has 0 aliphatic rings. The summed E-state index contributed by atoms with van der Waals surface area (Å²) in [6.07, 6.45) is 0. The second-order valence-corrected chi connectivity index (χ2v) is 18.0. The molecule has 0 radical (unpaired) electrons. The Labute approximate surface area is 417 Å². The molecule has 0 spiro atoms. The topological polar surface area (TPSA) is 64.5 Å². The van der Waals surface area contributed by atoms with Gasteiger partial charge in [0, 0.05) is 33.4 Å². The maximum Gasteiger partial charge on any atom is 0.164 e. The smallest absolute Gasteiger partial charge is 0.164 e. The highest BCUT2D eigenvalue weighted by atomic mass is 15.0. The summed E-state index contributed by atoms with van der Waals surface area (Å²) in [5, 5.41) is 7.03. The first-order chi connectivity index (χ1) is 35.7. The number of nitrogens with zero attached hydrogens (tertiary/aromatic N) is 5. The van der Waals surface area contributed by atoms with E-state index < -0.39 is 0 Å². The highest BCUT2D eigenvalue weighted by Crippen LogP contribution is 2.46. The van der Waals surface area contributed by atoms with Crippen molar-refractivity contribution < 1.29 is 0 Å². The van der Waals surface area contributed by atoms with Gasteiger partial charge in [0.05, 0.1) is 11.4 Å². The second kappa shape index (κ2) is 18.3. The van der Waals surface area contributed by atoms with Crippen LogP contribution in [-0.2, 0) is 0 Å². The van der Waals surface area contributed by atoms with Crippen LogP contribution in [0.4, 0.5) is 0 Å². The molecular formula is C67H43N5. The summed E-state index contributed by atoms with van der Waals surface area (Å²) in [5.74, 6) is 2.58. The Kier molecular flexibility index (Phi) is 10.8. The lowest BCUT2D eigenvalue weighted by molar-refractivity contribution is 1.07. The Morgan fingerprint density at radius 2 is 0.528 bits per heavy atom. The Hall–Kier alpha value is -9.71. The van der Waals surface area contributed by atoms with Crippen molar-refractivity contribution in [3.05, 3.63) is 261 Å². The second-order valence-electron chi connectivity index (χ2n) is 18.0. The molecule has 13 aromatic rings. The van der Waals surface area contributed by atoms with Crippen LogP contribution >= 0.6 is 0 Å². The van der Waals surface area contributed by atoms with Crippen LogP contribution < -0.4 is 0 Å². The van der Waals surface area contributed by atoms with Crippen molar-refractivity contribution in [2.24, 2.45) is 0 Å². The summed E-state index contributed by atoms with van der Waals surface area (Å²) in [5.41, 5.74) is 14.4. The third-order valence-corrected chi connectivity index (χ3v) is 13.6. The van der Waals surface area contributed by atoms with Crippen molar-refractivity contribution >= 4 is 32.3 Å². The predicted molar refractivity (Wildman–Crippen MR) is 297 cm³/mol. The molecule has 0 aliphatic carbocycles. The van der Waals surface area contributed by atoms with Crippen LogP contribution in [0.3, 0.4) is 0 Å². The summed E-state index contributed by atoms with van der Waals surface area (Å²) < 4.78 is 0. The minimum absolute atomic E-state index is 0.617. The first kappa shape index (κ1) is 42.4. The van der Waals surface area contributed by atoms with E-state index in [0.29, 0.717) is 23.3 Å². The molecule has 2 heterocycles. The Morgan fingerprint density at radius 1 is 0.194 bits per heavy atom. The molecule has 0 saturated heterocycles. The van der Waals surface area contributed by atoms with Gasteiger partial charge in [-0.05, 0) is 77.8 Å². The summed E-state index contributed by atoms with van der Waals surface area (Å²) in [4.78, 5) is 25.4. The fourth-order valence-corrected chi connectivity index (χ4v) is 9.93. The lowest BCUT2D eigenvalue weighted by atomic mass is 9.83. The highest BCUT2D eigenvalue weighted by Gasteiger charge is 2.21. The van der Waals surface area contributed by atoms with Crippen LogP contribution in [0.25, 0.3) is 134 Å². The maximum absolute atomic E-state index is 5.14. The lowest BCUT2D eigenvalue weighted by Crippen LogP contribution is -2.00. The van der Waals surface area contributed by atoms with E-state index in [0.717, 1.165) is 72.4 Å². The summed E-state index contributed by atoms with van der Waals surface area (Å²) in [6, 6.07) is 91.6. The molecule has 2 aromatic heterocycles. The van der Waals surface area contributed by atoms with Crippen LogP contribution in [0.5, 0.6) is 0 Å². The summed E-state index contributed by atoms with van der Waals surface area (Å²) in [6.45, 7) is 0. The van der Waals surface area contributed by atoms with Crippen LogP contribution in [0.15, 0.2) is 261 Å². The lowest BCUT2D eigenvalue weighted by Gasteiger charge is -2.20. The number of hydrogen-bond acceptors (Lipinski definition) is 5. The molecule has 0 aliphatic heterocycles. The van der Waals surface area contributed by atoms with E-state index in [9.17, 15) is 0 Å². The Bertz CT molecular complexity index is 4060. The molecule has 336 valence electrons.